The van der Waals surface area contributed by atoms with Gasteiger partial charge in [0, 0.05) is 12.7 Å². The highest BCUT2D eigenvalue weighted by atomic mass is 127. The molecular formula is C19H30IN5. The van der Waals surface area contributed by atoms with Crippen molar-refractivity contribution in [3.05, 3.63) is 53.3 Å². The summed E-state index contributed by atoms with van der Waals surface area (Å²) >= 11 is 0. The first-order chi connectivity index (χ1) is 11.6. The standard InChI is InChI=1S/C19H29N5.HI/c1-5-17-7-9-18(10-8-17)16(4)23-19(20-6-2)21-11-12-24-14-15(3)13-22-24;/h7-10,13-14,16H,5-6,11-12H2,1-4H3,(H2,20,21,23);1H. The molecule has 2 N–H and O–H groups in total. The first-order valence-corrected chi connectivity index (χ1v) is 8.75. The molecule has 0 amide bonds. The van der Waals surface area contributed by atoms with Gasteiger partial charge in [0.15, 0.2) is 5.96 Å². The highest BCUT2D eigenvalue weighted by Crippen LogP contribution is 2.13. The summed E-state index contributed by atoms with van der Waals surface area (Å²) in [5, 5.41) is 11.1. The number of nitrogens with zero attached hydrogens (tertiary/aromatic N) is 3. The third-order valence-corrected chi connectivity index (χ3v) is 3.95. The first kappa shape index (κ1) is 21.5. The number of nitrogens with one attached hydrogen (secondary N) is 2. The molecule has 0 aliphatic rings. The Balaban J connectivity index is 0.00000312. The number of rotatable bonds is 7. The van der Waals surface area contributed by atoms with Gasteiger partial charge in [0.1, 0.15) is 0 Å². The van der Waals surface area contributed by atoms with Gasteiger partial charge < -0.3 is 10.6 Å². The van der Waals surface area contributed by atoms with Gasteiger partial charge in [-0.3, -0.25) is 9.67 Å². The van der Waals surface area contributed by atoms with Crippen molar-refractivity contribution < 1.29 is 0 Å². The van der Waals surface area contributed by atoms with Crippen molar-refractivity contribution in [3.63, 3.8) is 0 Å². The van der Waals surface area contributed by atoms with Crippen LogP contribution < -0.4 is 10.6 Å². The van der Waals surface area contributed by atoms with Crippen molar-refractivity contribution in [2.75, 3.05) is 13.1 Å². The van der Waals surface area contributed by atoms with Gasteiger partial charge in [0.2, 0.25) is 0 Å². The van der Waals surface area contributed by atoms with E-state index < -0.39 is 0 Å². The molecule has 0 aliphatic heterocycles. The monoisotopic (exact) mass is 455 g/mol. The molecule has 0 saturated heterocycles. The van der Waals surface area contributed by atoms with Crippen molar-refractivity contribution in [1.82, 2.24) is 20.4 Å². The van der Waals surface area contributed by atoms with Gasteiger partial charge in [-0.2, -0.15) is 5.10 Å². The van der Waals surface area contributed by atoms with E-state index >= 15 is 0 Å². The van der Waals surface area contributed by atoms with Crippen molar-refractivity contribution in [1.29, 1.82) is 0 Å². The molecule has 1 aromatic heterocycles. The molecule has 2 rings (SSSR count). The Kier molecular flexibility index (Phi) is 9.55. The molecule has 0 bridgehead atoms. The Morgan fingerprint density at radius 3 is 2.52 bits per heavy atom. The average molecular weight is 455 g/mol. The van der Waals surface area contributed by atoms with E-state index in [1.807, 2.05) is 24.0 Å². The quantitative estimate of drug-likeness (QED) is 0.381. The average Bonchev–Trinajstić information content (AvgIpc) is 3.00. The largest absolute Gasteiger partial charge is 0.357 e. The molecule has 0 saturated carbocycles. The summed E-state index contributed by atoms with van der Waals surface area (Å²) in [6.07, 6.45) is 4.97. The molecule has 6 heteroatoms. The number of benzene rings is 1. The summed E-state index contributed by atoms with van der Waals surface area (Å²) in [4.78, 5) is 4.65. The van der Waals surface area contributed by atoms with Crippen LogP contribution in [0, 0.1) is 6.92 Å². The molecular weight excluding hydrogens is 425 g/mol. The van der Waals surface area contributed by atoms with E-state index in [1.54, 1.807) is 0 Å². The number of hydrogen-bond donors (Lipinski definition) is 2. The molecule has 138 valence electrons. The van der Waals surface area contributed by atoms with Crippen LogP contribution in [-0.4, -0.2) is 28.8 Å². The Bertz CT molecular complexity index is 648. The second kappa shape index (κ2) is 11.1. The summed E-state index contributed by atoms with van der Waals surface area (Å²) in [5.74, 6) is 0.841. The van der Waals surface area contributed by atoms with Gasteiger partial charge in [0.05, 0.1) is 25.3 Å². The molecule has 0 aliphatic carbocycles. The van der Waals surface area contributed by atoms with E-state index in [0.717, 1.165) is 25.5 Å². The lowest BCUT2D eigenvalue weighted by atomic mass is 10.1. The van der Waals surface area contributed by atoms with Crippen molar-refractivity contribution in [2.45, 2.75) is 46.7 Å². The Hall–Kier alpha value is -1.57. The summed E-state index contributed by atoms with van der Waals surface area (Å²) in [6.45, 7) is 10.8. The number of aromatic nitrogens is 2. The molecule has 0 fully saturated rings. The van der Waals surface area contributed by atoms with Crippen LogP contribution in [0.1, 0.15) is 43.5 Å². The third kappa shape index (κ3) is 7.05. The summed E-state index contributed by atoms with van der Waals surface area (Å²) in [5.41, 5.74) is 3.80. The number of guanidine groups is 1. The zero-order chi connectivity index (χ0) is 17.4. The molecule has 5 nitrogen and oxygen atoms in total. The maximum Gasteiger partial charge on any atom is 0.191 e. The Labute approximate surface area is 168 Å². The minimum atomic E-state index is 0. The van der Waals surface area contributed by atoms with Gasteiger partial charge in [0.25, 0.3) is 0 Å². The molecule has 1 heterocycles. The minimum Gasteiger partial charge on any atom is -0.357 e. The van der Waals surface area contributed by atoms with Crippen LogP contribution in [0.4, 0.5) is 0 Å². The van der Waals surface area contributed by atoms with Crippen LogP contribution >= 0.6 is 24.0 Å². The van der Waals surface area contributed by atoms with Gasteiger partial charge in [-0.05, 0) is 43.9 Å². The van der Waals surface area contributed by atoms with Crippen LogP contribution in [-0.2, 0) is 13.0 Å². The van der Waals surface area contributed by atoms with Gasteiger partial charge in [-0.15, -0.1) is 24.0 Å². The second-order valence-corrected chi connectivity index (χ2v) is 6.00. The smallest absolute Gasteiger partial charge is 0.191 e. The third-order valence-electron chi connectivity index (χ3n) is 3.95. The molecule has 25 heavy (non-hydrogen) atoms. The molecule has 2 aromatic rings. The summed E-state index contributed by atoms with van der Waals surface area (Å²) in [6, 6.07) is 8.97. The lowest BCUT2D eigenvalue weighted by molar-refractivity contribution is 0.617. The predicted octanol–water partition coefficient (Wildman–Crippen LogP) is 3.69. The topological polar surface area (TPSA) is 54.2 Å². The Morgan fingerprint density at radius 2 is 1.96 bits per heavy atom. The van der Waals surface area contributed by atoms with Crippen LogP contribution in [0.5, 0.6) is 0 Å². The zero-order valence-corrected chi connectivity index (χ0v) is 18.0. The first-order valence-electron chi connectivity index (χ1n) is 8.75. The van der Waals surface area contributed by atoms with E-state index in [0.29, 0.717) is 6.54 Å². The maximum absolute atomic E-state index is 4.65. The number of hydrogen-bond acceptors (Lipinski definition) is 2. The fourth-order valence-corrected chi connectivity index (χ4v) is 2.50. The molecule has 0 spiro atoms. The number of aryl methyl sites for hydroxylation is 2. The van der Waals surface area contributed by atoms with E-state index in [2.05, 4.69) is 65.8 Å². The Morgan fingerprint density at radius 1 is 1.24 bits per heavy atom. The zero-order valence-electron chi connectivity index (χ0n) is 15.6. The summed E-state index contributed by atoms with van der Waals surface area (Å²) < 4.78 is 1.93. The van der Waals surface area contributed by atoms with Gasteiger partial charge in [-0.1, -0.05) is 31.2 Å². The van der Waals surface area contributed by atoms with Crippen LogP contribution in [0.3, 0.4) is 0 Å². The predicted molar refractivity (Wildman–Crippen MR) is 116 cm³/mol. The number of halogens is 1. The van der Waals surface area contributed by atoms with Gasteiger partial charge >= 0.3 is 0 Å². The molecule has 1 unspecified atom stereocenters. The maximum atomic E-state index is 4.65. The van der Waals surface area contributed by atoms with Crippen LogP contribution in [0.2, 0.25) is 0 Å². The van der Waals surface area contributed by atoms with Crippen molar-refractivity contribution in [2.24, 2.45) is 4.99 Å². The van der Waals surface area contributed by atoms with E-state index in [9.17, 15) is 0 Å². The highest BCUT2D eigenvalue weighted by Gasteiger charge is 2.07. The van der Waals surface area contributed by atoms with Crippen molar-refractivity contribution >= 4 is 29.9 Å². The second-order valence-electron chi connectivity index (χ2n) is 6.00. The fourth-order valence-electron chi connectivity index (χ4n) is 2.50. The minimum absolute atomic E-state index is 0. The van der Waals surface area contributed by atoms with E-state index in [4.69, 9.17) is 0 Å². The van der Waals surface area contributed by atoms with Crippen LogP contribution in [0.25, 0.3) is 0 Å². The highest BCUT2D eigenvalue weighted by molar-refractivity contribution is 14.0. The van der Waals surface area contributed by atoms with Gasteiger partial charge in [-0.25, -0.2) is 0 Å². The molecule has 1 aromatic carbocycles. The van der Waals surface area contributed by atoms with E-state index in [-0.39, 0.29) is 30.0 Å². The van der Waals surface area contributed by atoms with Crippen molar-refractivity contribution in [3.8, 4) is 0 Å². The fraction of sp³-hybridized carbons (Fsp3) is 0.474. The molecule has 1 atom stereocenters. The SMILES string of the molecule is CCNC(=NCCn1cc(C)cn1)NC(C)c1ccc(CC)cc1.I. The normalized spacial score (nSPS) is 12.4. The lowest BCUT2D eigenvalue weighted by Gasteiger charge is -2.18. The molecule has 0 radical (unpaired) electrons. The van der Waals surface area contributed by atoms with Crippen LogP contribution in [0.15, 0.2) is 41.7 Å². The summed E-state index contributed by atoms with van der Waals surface area (Å²) in [7, 11) is 0. The lowest BCUT2D eigenvalue weighted by Crippen LogP contribution is -2.39. The number of aliphatic imine (C=N–C) groups is 1. The van der Waals surface area contributed by atoms with E-state index in [1.165, 1.54) is 16.7 Å².